The quantitative estimate of drug-likeness (QED) is 0.565. The Labute approximate surface area is 189 Å². The number of halogens is 1. The van der Waals surface area contributed by atoms with Gasteiger partial charge in [-0.15, -0.1) is 0 Å². The number of amides is 1. The second-order valence-corrected chi connectivity index (χ2v) is 7.39. The largest absolute Gasteiger partial charge is 0.465 e. The second kappa shape index (κ2) is 9.61. The van der Waals surface area contributed by atoms with Gasteiger partial charge >= 0.3 is 11.9 Å². The summed E-state index contributed by atoms with van der Waals surface area (Å²) in [5, 5.41) is 7.02. The SMILES string of the molecule is COC(=O)c1ccc(C)c(NC(=O)COC(=O)c2nc(-n3nc(C)cc3C)ccc2Cl)c1. The molecule has 32 heavy (non-hydrogen) atoms. The van der Waals surface area contributed by atoms with Crippen LogP contribution in [0.5, 0.6) is 0 Å². The molecule has 1 amide bonds. The molecule has 0 aliphatic carbocycles. The van der Waals surface area contributed by atoms with Gasteiger partial charge < -0.3 is 14.8 Å². The molecule has 9 nitrogen and oxygen atoms in total. The number of aromatic nitrogens is 3. The third-order valence-electron chi connectivity index (χ3n) is 4.52. The normalized spacial score (nSPS) is 10.5. The predicted octanol–water partition coefficient (Wildman–Crippen LogP) is 3.43. The van der Waals surface area contributed by atoms with Crippen LogP contribution in [0.1, 0.15) is 37.8 Å². The topological polar surface area (TPSA) is 112 Å². The number of carbonyl (C=O) groups is 3. The first-order valence-corrected chi connectivity index (χ1v) is 9.93. The van der Waals surface area contributed by atoms with Gasteiger partial charge in [0, 0.05) is 11.4 Å². The lowest BCUT2D eigenvalue weighted by atomic mass is 10.1. The van der Waals surface area contributed by atoms with Gasteiger partial charge in [0.1, 0.15) is 0 Å². The summed E-state index contributed by atoms with van der Waals surface area (Å²) in [7, 11) is 1.27. The monoisotopic (exact) mass is 456 g/mol. The molecular formula is C22H21ClN4O5. The number of benzene rings is 1. The Morgan fingerprint density at radius 1 is 1.06 bits per heavy atom. The van der Waals surface area contributed by atoms with Crippen molar-refractivity contribution in [3.8, 4) is 5.82 Å². The fraction of sp³-hybridized carbons (Fsp3) is 0.227. The first-order valence-electron chi connectivity index (χ1n) is 9.55. The molecule has 0 unspecified atom stereocenters. The third-order valence-corrected chi connectivity index (χ3v) is 4.82. The minimum absolute atomic E-state index is 0.0855. The summed E-state index contributed by atoms with van der Waals surface area (Å²) in [5.74, 6) is -1.58. The first-order chi connectivity index (χ1) is 15.2. The standard InChI is InChI=1S/C22H21ClN4O5/c1-12-5-6-15(21(29)31-4)10-17(12)24-19(28)11-32-22(30)20-16(23)7-8-18(25-20)27-14(3)9-13(2)26-27/h5-10H,11H2,1-4H3,(H,24,28). The van der Waals surface area contributed by atoms with Crippen LogP contribution in [-0.2, 0) is 14.3 Å². The molecule has 0 bridgehead atoms. The Morgan fingerprint density at radius 3 is 2.47 bits per heavy atom. The number of rotatable bonds is 6. The van der Waals surface area contributed by atoms with Crippen molar-refractivity contribution in [2.24, 2.45) is 0 Å². The van der Waals surface area contributed by atoms with E-state index in [1.807, 2.05) is 19.9 Å². The van der Waals surface area contributed by atoms with Gasteiger partial charge in [-0.2, -0.15) is 5.10 Å². The van der Waals surface area contributed by atoms with Crippen molar-refractivity contribution < 1.29 is 23.9 Å². The summed E-state index contributed by atoms with van der Waals surface area (Å²) >= 11 is 6.11. The van der Waals surface area contributed by atoms with Crippen LogP contribution in [0.2, 0.25) is 5.02 Å². The summed E-state index contributed by atoms with van der Waals surface area (Å²) in [6.45, 7) is 4.89. The van der Waals surface area contributed by atoms with E-state index in [0.717, 1.165) is 17.0 Å². The fourth-order valence-electron chi connectivity index (χ4n) is 2.94. The molecule has 1 N–H and O–H groups in total. The number of hydrogen-bond acceptors (Lipinski definition) is 7. The van der Waals surface area contributed by atoms with Crippen LogP contribution >= 0.6 is 11.6 Å². The van der Waals surface area contributed by atoms with Gasteiger partial charge in [-0.3, -0.25) is 4.79 Å². The number of carbonyl (C=O) groups excluding carboxylic acids is 3. The highest BCUT2D eigenvalue weighted by Gasteiger charge is 2.18. The van der Waals surface area contributed by atoms with Gasteiger partial charge in [0.25, 0.3) is 5.91 Å². The predicted molar refractivity (Wildman–Crippen MR) is 117 cm³/mol. The van der Waals surface area contributed by atoms with E-state index in [9.17, 15) is 14.4 Å². The maximum atomic E-state index is 12.5. The summed E-state index contributed by atoms with van der Waals surface area (Å²) in [6, 6.07) is 9.75. The van der Waals surface area contributed by atoms with E-state index in [2.05, 4.69) is 20.1 Å². The molecule has 2 aromatic heterocycles. The number of anilines is 1. The van der Waals surface area contributed by atoms with Gasteiger partial charge in [-0.1, -0.05) is 17.7 Å². The Bertz CT molecular complexity index is 1210. The van der Waals surface area contributed by atoms with E-state index in [0.29, 0.717) is 11.5 Å². The van der Waals surface area contributed by atoms with Crippen LogP contribution in [0.3, 0.4) is 0 Å². The van der Waals surface area contributed by atoms with E-state index in [1.54, 1.807) is 29.8 Å². The van der Waals surface area contributed by atoms with E-state index in [1.165, 1.54) is 19.2 Å². The molecular weight excluding hydrogens is 436 g/mol. The first kappa shape index (κ1) is 23.0. The summed E-state index contributed by atoms with van der Waals surface area (Å²) < 4.78 is 11.3. The minimum atomic E-state index is -0.853. The summed E-state index contributed by atoms with van der Waals surface area (Å²) in [6.07, 6.45) is 0. The van der Waals surface area contributed by atoms with Gasteiger partial charge in [-0.05, 0) is 56.7 Å². The zero-order valence-electron chi connectivity index (χ0n) is 17.9. The van der Waals surface area contributed by atoms with Crippen LogP contribution in [0.25, 0.3) is 5.82 Å². The molecule has 0 saturated heterocycles. The summed E-state index contributed by atoms with van der Waals surface area (Å²) in [4.78, 5) is 40.7. The Balaban J connectivity index is 1.70. The highest BCUT2D eigenvalue weighted by Crippen LogP contribution is 2.20. The molecule has 2 heterocycles. The second-order valence-electron chi connectivity index (χ2n) is 6.98. The molecule has 0 aliphatic heterocycles. The van der Waals surface area contributed by atoms with Gasteiger partial charge in [-0.25, -0.2) is 19.3 Å². The number of aryl methyl sites for hydroxylation is 3. The van der Waals surface area contributed by atoms with Gasteiger partial charge in [0.2, 0.25) is 0 Å². The van der Waals surface area contributed by atoms with Crippen LogP contribution in [0, 0.1) is 20.8 Å². The smallest absolute Gasteiger partial charge is 0.359 e. The molecule has 3 rings (SSSR count). The average Bonchev–Trinajstić information content (AvgIpc) is 3.11. The summed E-state index contributed by atoms with van der Waals surface area (Å²) in [5.41, 5.74) is 2.90. The number of hydrogen-bond donors (Lipinski definition) is 1. The van der Waals surface area contributed by atoms with Crippen molar-refractivity contribution in [2.75, 3.05) is 19.0 Å². The number of pyridine rings is 1. The third kappa shape index (κ3) is 5.12. The van der Waals surface area contributed by atoms with Crippen LogP contribution in [0.15, 0.2) is 36.4 Å². The Kier molecular flexibility index (Phi) is 6.89. The van der Waals surface area contributed by atoms with Crippen molar-refractivity contribution in [3.05, 3.63) is 69.6 Å². The lowest BCUT2D eigenvalue weighted by Gasteiger charge is -2.11. The van der Waals surface area contributed by atoms with Crippen molar-refractivity contribution in [2.45, 2.75) is 20.8 Å². The highest BCUT2D eigenvalue weighted by molar-refractivity contribution is 6.33. The van der Waals surface area contributed by atoms with Crippen molar-refractivity contribution in [1.29, 1.82) is 0 Å². The number of nitrogens with one attached hydrogen (secondary N) is 1. The van der Waals surface area contributed by atoms with Crippen molar-refractivity contribution in [3.63, 3.8) is 0 Å². The zero-order valence-corrected chi connectivity index (χ0v) is 18.7. The zero-order chi connectivity index (χ0) is 23.4. The number of esters is 2. The van der Waals surface area contributed by atoms with Crippen LogP contribution in [0.4, 0.5) is 5.69 Å². The van der Waals surface area contributed by atoms with E-state index >= 15 is 0 Å². The number of methoxy groups -OCH3 is 1. The molecule has 3 aromatic rings. The molecule has 166 valence electrons. The average molecular weight is 457 g/mol. The van der Waals surface area contributed by atoms with E-state index in [4.69, 9.17) is 16.3 Å². The molecule has 0 fully saturated rings. The maximum Gasteiger partial charge on any atom is 0.359 e. The van der Waals surface area contributed by atoms with Crippen LogP contribution < -0.4 is 5.32 Å². The molecule has 0 atom stereocenters. The van der Waals surface area contributed by atoms with E-state index < -0.39 is 24.5 Å². The molecule has 0 radical (unpaired) electrons. The Hall–Kier alpha value is -3.72. The minimum Gasteiger partial charge on any atom is -0.465 e. The molecule has 0 aliphatic rings. The number of ether oxygens (including phenoxy) is 2. The van der Waals surface area contributed by atoms with E-state index in [-0.39, 0.29) is 16.3 Å². The molecule has 10 heteroatoms. The Morgan fingerprint density at radius 2 is 1.81 bits per heavy atom. The van der Waals surface area contributed by atoms with Crippen molar-refractivity contribution in [1.82, 2.24) is 14.8 Å². The van der Waals surface area contributed by atoms with Crippen LogP contribution in [-0.4, -0.2) is 46.3 Å². The maximum absolute atomic E-state index is 12.5. The number of nitrogens with zero attached hydrogens (tertiary/aromatic N) is 3. The lowest BCUT2D eigenvalue weighted by Crippen LogP contribution is -2.22. The lowest BCUT2D eigenvalue weighted by molar-refractivity contribution is -0.119. The van der Waals surface area contributed by atoms with Gasteiger partial charge in [0.15, 0.2) is 18.1 Å². The fourth-order valence-corrected chi connectivity index (χ4v) is 3.12. The van der Waals surface area contributed by atoms with Crippen molar-refractivity contribution >= 4 is 35.1 Å². The molecule has 1 aromatic carbocycles. The van der Waals surface area contributed by atoms with Gasteiger partial charge in [0.05, 0.1) is 23.4 Å². The highest BCUT2D eigenvalue weighted by atomic mass is 35.5. The molecule has 0 spiro atoms. The molecule has 0 saturated carbocycles.